The number of nitrogens with one attached hydrogen (secondary N) is 1. The van der Waals surface area contributed by atoms with Crippen molar-refractivity contribution < 1.29 is 0 Å². The largest absolute Gasteiger partial charge is 0.309 e. The Morgan fingerprint density at radius 1 is 1.40 bits per heavy atom. The van der Waals surface area contributed by atoms with Crippen LogP contribution in [0.1, 0.15) is 25.0 Å². The number of aryl methyl sites for hydroxylation is 1. The molecule has 0 spiro atoms. The maximum absolute atomic E-state index is 4.64. The molecule has 0 aromatic heterocycles. The molecule has 0 unspecified atom stereocenters. The van der Waals surface area contributed by atoms with Gasteiger partial charge in [0.15, 0.2) is 0 Å². The molecule has 2 heteroatoms. The molecule has 2 rings (SSSR count). The number of rotatable bonds is 3. The summed E-state index contributed by atoms with van der Waals surface area (Å²) in [4.78, 5) is 4.64. The van der Waals surface area contributed by atoms with E-state index in [2.05, 4.69) is 49.3 Å². The van der Waals surface area contributed by atoms with Crippen molar-refractivity contribution in [1.82, 2.24) is 5.32 Å². The van der Waals surface area contributed by atoms with Crippen molar-refractivity contribution in [3.05, 3.63) is 29.3 Å². The maximum Gasteiger partial charge on any atom is 0.0668 e. The molecule has 1 aromatic carbocycles. The number of fused-ring (bicyclic) bond motifs is 1. The van der Waals surface area contributed by atoms with Crippen molar-refractivity contribution in [3.8, 4) is 0 Å². The molecule has 0 atom stereocenters. The normalized spacial score (nSPS) is 14.3. The van der Waals surface area contributed by atoms with Gasteiger partial charge in [0.1, 0.15) is 0 Å². The lowest BCUT2D eigenvalue weighted by Gasteiger charge is -2.06. The molecule has 0 bridgehead atoms. The Labute approximate surface area is 91.4 Å². The molecular weight excluding hydrogens is 184 g/mol. The molecule has 0 saturated carbocycles. The fraction of sp³-hybridized carbons (Fsp3) is 0.462. The van der Waals surface area contributed by atoms with E-state index in [1.807, 2.05) is 0 Å². The second kappa shape index (κ2) is 4.15. The Kier molecular flexibility index (Phi) is 2.87. The summed E-state index contributed by atoms with van der Waals surface area (Å²) in [5.74, 6) is 0. The molecule has 0 amide bonds. The van der Waals surface area contributed by atoms with Gasteiger partial charge in [-0.15, -0.1) is 0 Å². The Morgan fingerprint density at radius 2 is 2.20 bits per heavy atom. The van der Waals surface area contributed by atoms with Gasteiger partial charge in [0.05, 0.1) is 5.69 Å². The smallest absolute Gasteiger partial charge is 0.0668 e. The molecule has 0 aliphatic carbocycles. The van der Waals surface area contributed by atoms with E-state index in [1.54, 1.807) is 0 Å². The van der Waals surface area contributed by atoms with Crippen LogP contribution in [0.2, 0.25) is 0 Å². The average Bonchev–Trinajstić information content (AvgIpc) is 2.56. The molecule has 1 heterocycles. The van der Waals surface area contributed by atoms with Crippen molar-refractivity contribution in [2.45, 2.75) is 33.2 Å². The molecule has 0 saturated heterocycles. The molecule has 1 aromatic rings. The highest BCUT2D eigenvalue weighted by Crippen LogP contribution is 2.27. The summed E-state index contributed by atoms with van der Waals surface area (Å²) >= 11 is 0. The molecule has 15 heavy (non-hydrogen) atoms. The number of nitrogens with zero attached hydrogens (tertiary/aromatic N) is 1. The van der Waals surface area contributed by atoms with Gasteiger partial charge in [0, 0.05) is 24.7 Å². The molecule has 1 aliphatic heterocycles. The van der Waals surface area contributed by atoms with Gasteiger partial charge in [-0.2, -0.15) is 0 Å². The summed E-state index contributed by atoms with van der Waals surface area (Å²) in [6.45, 7) is 7.34. The van der Waals surface area contributed by atoms with Gasteiger partial charge < -0.3 is 5.32 Å². The van der Waals surface area contributed by atoms with Crippen molar-refractivity contribution in [1.29, 1.82) is 0 Å². The minimum absolute atomic E-state index is 0.526. The van der Waals surface area contributed by atoms with E-state index in [0.717, 1.165) is 18.7 Å². The zero-order chi connectivity index (χ0) is 10.8. The second-order valence-electron chi connectivity index (χ2n) is 4.52. The van der Waals surface area contributed by atoms with E-state index in [9.17, 15) is 0 Å². The molecular formula is C13H18N2. The topological polar surface area (TPSA) is 24.4 Å². The van der Waals surface area contributed by atoms with Crippen molar-refractivity contribution in [2.24, 2.45) is 4.99 Å². The molecule has 0 radical (unpaired) electrons. The van der Waals surface area contributed by atoms with Gasteiger partial charge in [-0.3, -0.25) is 4.99 Å². The van der Waals surface area contributed by atoms with Crippen LogP contribution in [0.25, 0.3) is 0 Å². The first-order valence-electron chi connectivity index (χ1n) is 5.54. The van der Waals surface area contributed by atoms with Gasteiger partial charge in [-0.05, 0) is 24.1 Å². The standard InChI is InChI=1S/C13H18N2/c1-9(2)14-8-12-7-11-5-4-10(3)6-13(11)15-12/h4-6,9,14H,7-8H2,1-3H3. The van der Waals surface area contributed by atoms with E-state index in [4.69, 9.17) is 0 Å². The van der Waals surface area contributed by atoms with Gasteiger partial charge in [-0.1, -0.05) is 26.0 Å². The van der Waals surface area contributed by atoms with Crippen LogP contribution in [-0.2, 0) is 6.42 Å². The van der Waals surface area contributed by atoms with Crippen LogP contribution in [-0.4, -0.2) is 18.3 Å². The quantitative estimate of drug-likeness (QED) is 0.800. The SMILES string of the molecule is Cc1ccc2c(c1)N=C(CNC(C)C)C2. The average molecular weight is 202 g/mol. The van der Waals surface area contributed by atoms with Gasteiger partial charge in [0.2, 0.25) is 0 Å². The summed E-state index contributed by atoms with van der Waals surface area (Å²) < 4.78 is 0. The van der Waals surface area contributed by atoms with Crippen LogP contribution in [0, 0.1) is 6.92 Å². The Morgan fingerprint density at radius 3 is 2.93 bits per heavy atom. The number of aliphatic imine (C=N–C) groups is 1. The highest BCUT2D eigenvalue weighted by molar-refractivity contribution is 5.95. The second-order valence-corrected chi connectivity index (χ2v) is 4.52. The monoisotopic (exact) mass is 202 g/mol. The minimum Gasteiger partial charge on any atom is -0.309 e. The van der Waals surface area contributed by atoms with E-state index >= 15 is 0 Å². The predicted molar refractivity (Wildman–Crippen MR) is 65.1 cm³/mol. The highest BCUT2D eigenvalue weighted by atomic mass is 14.9. The maximum atomic E-state index is 4.64. The molecule has 0 fully saturated rings. The Hall–Kier alpha value is -1.15. The van der Waals surface area contributed by atoms with Crippen LogP contribution in [0.5, 0.6) is 0 Å². The minimum atomic E-state index is 0.526. The van der Waals surface area contributed by atoms with Crippen LogP contribution in [0.15, 0.2) is 23.2 Å². The van der Waals surface area contributed by atoms with Crippen molar-refractivity contribution >= 4 is 11.4 Å². The highest BCUT2D eigenvalue weighted by Gasteiger charge is 2.13. The van der Waals surface area contributed by atoms with Crippen LogP contribution in [0.3, 0.4) is 0 Å². The fourth-order valence-corrected chi connectivity index (χ4v) is 1.78. The zero-order valence-electron chi connectivity index (χ0n) is 9.67. The summed E-state index contributed by atoms with van der Waals surface area (Å²) in [6.07, 6.45) is 1.01. The van der Waals surface area contributed by atoms with E-state index in [-0.39, 0.29) is 0 Å². The Bertz CT molecular complexity index is 392. The summed E-state index contributed by atoms with van der Waals surface area (Å²) in [7, 11) is 0. The molecule has 1 N–H and O–H groups in total. The van der Waals surface area contributed by atoms with Crippen LogP contribution in [0.4, 0.5) is 5.69 Å². The fourth-order valence-electron chi connectivity index (χ4n) is 1.78. The Balaban J connectivity index is 2.07. The van der Waals surface area contributed by atoms with E-state index in [1.165, 1.54) is 16.8 Å². The number of hydrogen-bond acceptors (Lipinski definition) is 2. The van der Waals surface area contributed by atoms with Gasteiger partial charge in [-0.25, -0.2) is 0 Å². The van der Waals surface area contributed by atoms with Crippen molar-refractivity contribution in [3.63, 3.8) is 0 Å². The number of hydrogen-bond donors (Lipinski definition) is 1. The third kappa shape index (κ3) is 2.45. The molecule has 2 nitrogen and oxygen atoms in total. The third-order valence-electron chi connectivity index (χ3n) is 2.63. The summed E-state index contributed by atoms with van der Waals surface area (Å²) in [5, 5.41) is 3.41. The predicted octanol–water partition coefficient (Wildman–Crippen LogP) is 2.62. The van der Waals surface area contributed by atoms with E-state index in [0.29, 0.717) is 6.04 Å². The first-order chi connectivity index (χ1) is 7.15. The molecule has 80 valence electrons. The van der Waals surface area contributed by atoms with Gasteiger partial charge >= 0.3 is 0 Å². The zero-order valence-corrected chi connectivity index (χ0v) is 9.67. The van der Waals surface area contributed by atoms with Crippen LogP contribution < -0.4 is 5.32 Å². The van der Waals surface area contributed by atoms with E-state index < -0.39 is 0 Å². The van der Waals surface area contributed by atoms with Crippen molar-refractivity contribution in [2.75, 3.05) is 6.54 Å². The third-order valence-corrected chi connectivity index (χ3v) is 2.63. The molecule has 1 aliphatic rings. The first kappa shape index (κ1) is 10.4. The lowest BCUT2D eigenvalue weighted by Crippen LogP contribution is -2.29. The first-order valence-corrected chi connectivity index (χ1v) is 5.54. The lowest BCUT2D eigenvalue weighted by atomic mass is 10.1. The lowest BCUT2D eigenvalue weighted by molar-refractivity contribution is 0.641. The number of benzene rings is 1. The summed E-state index contributed by atoms with van der Waals surface area (Å²) in [6, 6.07) is 7.04. The summed E-state index contributed by atoms with van der Waals surface area (Å²) in [5.41, 5.74) is 5.07. The van der Waals surface area contributed by atoms with Gasteiger partial charge in [0.25, 0.3) is 0 Å². The van der Waals surface area contributed by atoms with Crippen LogP contribution >= 0.6 is 0 Å².